The van der Waals surface area contributed by atoms with Crippen molar-refractivity contribution in [1.29, 1.82) is 0 Å². The van der Waals surface area contributed by atoms with Gasteiger partial charge in [-0.05, 0) is 12.1 Å². The van der Waals surface area contributed by atoms with E-state index in [-0.39, 0.29) is 17.1 Å². The van der Waals surface area contributed by atoms with Gasteiger partial charge in [0, 0.05) is 11.9 Å². The third kappa shape index (κ3) is 3.05. The molecule has 0 bridgehead atoms. The molecule has 1 aromatic carbocycles. The van der Waals surface area contributed by atoms with Gasteiger partial charge in [-0.2, -0.15) is 0 Å². The minimum Gasteiger partial charge on any atom is -0.384 e. The van der Waals surface area contributed by atoms with Gasteiger partial charge in [0.1, 0.15) is 17.2 Å². The van der Waals surface area contributed by atoms with Gasteiger partial charge in [-0.15, -0.1) is 11.8 Å². The molecule has 0 saturated carbocycles. The van der Waals surface area contributed by atoms with E-state index in [0.717, 1.165) is 16.3 Å². The summed E-state index contributed by atoms with van der Waals surface area (Å²) in [6, 6.07) is 5.99. The molecule has 0 fully saturated rings. The number of nitrogen functional groups attached to an aromatic ring is 1. The number of aromatic amines is 1. The fourth-order valence-electron chi connectivity index (χ4n) is 1.68. The van der Waals surface area contributed by atoms with Crippen molar-refractivity contribution in [2.75, 3.05) is 11.5 Å². The number of nitrogens with one attached hydrogen (secondary N) is 1. The highest BCUT2D eigenvalue weighted by Crippen LogP contribution is 2.22. The largest absolute Gasteiger partial charge is 0.384 e. The van der Waals surface area contributed by atoms with Gasteiger partial charge in [0.25, 0.3) is 5.56 Å². The second kappa shape index (κ2) is 5.96. The predicted molar refractivity (Wildman–Crippen MR) is 78.2 cm³/mol. The molecule has 8 heteroatoms. The van der Waals surface area contributed by atoms with Crippen LogP contribution in [0.15, 0.2) is 38.8 Å². The first-order valence-corrected chi connectivity index (χ1v) is 6.89. The van der Waals surface area contributed by atoms with E-state index in [1.807, 2.05) is 4.98 Å². The van der Waals surface area contributed by atoms with Crippen molar-refractivity contribution in [3.05, 3.63) is 56.5 Å². The van der Waals surface area contributed by atoms with Gasteiger partial charge in [-0.1, -0.05) is 12.1 Å². The van der Waals surface area contributed by atoms with Crippen LogP contribution in [-0.2, 0) is 7.05 Å². The number of thioether (sulfide) groups is 1. The summed E-state index contributed by atoms with van der Waals surface area (Å²) >= 11 is 0.957. The van der Waals surface area contributed by atoms with Gasteiger partial charge < -0.3 is 5.73 Å². The molecule has 0 saturated heterocycles. The Bertz CT molecular complexity index is 813. The minimum atomic E-state index is -0.838. The lowest BCUT2D eigenvalue weighted by molar-refractivity contribution is 0.102. The standard InChI is InChI=1S/C13H12FN3O3S/c1-17-11(15)10(12(19)16-13(17)20)8(18)6-21-9-5-3-2-4-7(9)14/h2-5H,6,15H2,1H3,(H,16,19,20). The summed E-state index contributed by atoms with van der Waals surface area (Å²) in [4.78, 5) is 37.4. The third-order valence-corrected chi connectivity index (χ3v) is 3.89. The molecule has 0 spiro atoms. The fourth-order valence-corrected chi connectivity index (χ4v) is 2.50. The molecular weight excluding hydrogens is 297 g/mol. The Labute approximate surface area is 122 Å². The van der Waals surface area contributed by atoms with E-state index in [9.17, 15) is 18.8 Å². The number of Topliss-reactive ketones (excluding diaryl/α,β-unsaturated/α-hetero) is 1. The Kier molecular flexibility index (Phi) is 4.27. The fraction of sp³-hybridized carbons (Fsp3) is 0.154. The van der Waals surface area contributed by atoms with E-state index in [2.05, 4.69) is 0 Å². The summed E-state index contributed by atoms with van der Waals surface area (Å²) in [6.45, 7) is 0. The van der Waals surface area contributed by atoms with Crippen LogP contribution in [0.2, 0.25) is 0 Å². The van der Waals surface area contributed by atoms with E-state index >= 15 is 0 Å². The lowest BCUT2D eigenvalue weighted by Crippen LogP contribution is -2.35. The number of nitrogens with two attached hydrogens (primary N) is 1. The van der Waals surface area contributed by atoms with Crippen LogP contribution < -0.4 is 17.0 Å². The number of halogens is 1. The van der Waals surface area contributed by atoms with Gasteiger partial charge >= 0.3 is 5.69 Å². The smallest absolute Gasteiger partial charge is 0.329 e. The molecule has 0 radical (unpaired) electrons. The van der Waals surface area contributed by atoms with Gasteiger partial charge in [0.15, 0.2) is 5.78 Å². The highest BCUT2D eigenvalue weighted by Gasteiger charge is 2.18. The zero-order valence-corrected chi connectivity index (χ0v) is 11.9. The van der Waals surface area contributed by atoms with Crippen molar-refractivity contribution in [3.8, 4) is 0 Å². The van der Waals surface area contributed by atoms with Crippen molar-refractivity contribution in [1.82, 2.24) is 9.55 Å². The number of hydrogen-bond donors (Lipinski definition) is 2. The molecule has 21 heavy (non-hydrogen) atoms. The van der Waals surface area contributed by atoms with Crippen molar-refractivity contribution in [2.24, 2.45) is 7.05 Å². The van der Waals surface area contributed by atoms with Crippen LogP contribution in [0.5, 0.6) is 0 Å². The number of rotatable bonds is 4. The summed E-state index contributed by atoms with van der Waals surface area (Å²) in [5, 5.41) is 0. The zero-order valence-electron chi connectivity index (χ0n) is 11.1. The average molecular weight is 309 g/mol. The topological polar surface area (TPSA) is 97.9 Å². The Morgan fingerprint density at radius 1 is 1.38 bits per heavy atom. The van der Waals surface area contributed by atoms with Crippen LogP contribution in [0.3, 0.4) is 0 Å². The lowest BCUT2D eigenvalue weighted by atomic mass is 10.2. The molecule has 0 aliphatic carbocycles. The number of ketones is 1. The van der Waals surface area contributed by atoms with Crippen molar-refractivity contribution < 1.29 is 9.18 Å². The number of H-pyrrole nitrogens is 1. The summed E-state index contributed by atoms with van der Waals surface area (Å²) in [6.07, 6.45) is 0. The molecule has 0 unspecified atom stereocenters. The van der Waals surface area contributed by atoms with Crippen LogP contribution in [-0.4, -0.2) is 21.1 Å². The maximum absolute atomic E-state index is 13.4. The van der Waals surface area contributed by atoms with Crippen LogP contribution in [0.1, 0.15) is 10.4 Å². The SMILES string of the molecule is Cn1c(N)c(C(=O)CSc2ccccc2F)c(=O)[nH]c1=O. The van der Waals surface area contributed by atoms with Crippen molar-refractivity contribution in [2.45, 2.75) is 4.90 Å². The Hall–Kier alpha value is -2.35. The quantitative estimate of drug-likeness (QED) is 0.642. The molecule has 0 aliphatic rings. The number of carbonyl (C=O) groups excluding carboxylic acids is 1. The predicted octanol–water partition coefficient (Wildman–Crippen LogP) is 0.770. The Morgan fingerprint density at radius 3 is 2.71 bits per heavy atom. The monoisotopic (exact) mass is 309 g/mol. The molecule has 2 rings (SSSR count). The normalized spacial score (nSPS) is 10.6. The summed E-state index contributed by atoms with van der Waals surface area (Å²) in [7, 11) is 1.34. The van der Waals surface area contributed by atoms with Crippen LogP contribution >= 0.6 is 11.8 Å². The number of aromatic nitrogens is 2. The number of hydrogen-bond acceptors (Lipinski definition) is 5. The minimum absolute atomic E-state index is 0.160. The summed E-state index contributed by atoms with van der Waals surface area (Å²) < 4.78 is 14.4. The Balaban J connectivity index is 2.26. The van der Waals surface area contributed by atoms with Crippen LogP contribution in [0.25, 0.3) is 0 Å². The maximum atomic E-state index is 13.4. The molecule has 0 atom stereocenters. The van der Waals surface area contributed by atoms with E-state index in [1.54, 1.807) is 6.07 Å². The molecule has 110 valence electrons. The molecule has 0 aliphatic heterocycles. The first-order chi connectivity index (χ1) is 9.91. The molecular formula is C13H12FN3O3S. The van der Waals surface area contributed by atoms with E-state index in [4.69, 9.17) is 5.73 Å². The molecule has 2 aromatic rings. The average Bonchev–Trinajstić information content (AvgIpc) is 2.44. The summed E-state index contributed by atoms with van der Waals surface area (Å²) in [5.41, 5.74) is 3.80. The second-order valence-electron chi connectivity index (χ2n) is 4.22. The van der Waals surface area contributed by atoms with Crippen molar-refractivity contribution in [3.63, 3.8) is 0 Å². The van der Waals surface area contributed by atoms with Crippen LogP contribution in [0.4, 0.5) is 10.2 Å². The zero-order chi connectivity index (χ0) is 15.6. The van der Waals surface area contributed by atoms with E-state index in [0.29, 0.717) is 4.90 Å². The second-order valence-corrected chi connectivity index (χ2v) is 5.24. The number of carbonyl (C=O) groups is 1. The first kappa shape index (κ1) is 15.0. The van der Waals surface area contributed by atoms with Crippen molar-refractivity contribution >= 4 is 23.4 Å². The molecule has 0 amide bonds. The maximum Gasteiger partial charge on any atom is 0.329 e. The lowest BCUT2D eigenvalue weighted by Gasteiger charge is -2.07. The van der Waals surface area contributed by atoms with Gasteiger partial charge in [0.2, 0.25) is 0 Å². The van der Waals surface area contributed by atoms with Gasteiger partial charge in [-0.3, -0.25) is 19.1 Å². The first-order valence-electron chi connectivity index (χ1n) is 5.91. The summed E-state index contributed by atoms with van der Waals surface area (Å²) in [5.74, 6) is -1.38. The molecule has 1 heterocycles. The van der Waals surface area contributed by atoms with Gasteiger partial charge in [-0.25, -0.2) is 9.18 Å². The number of nitrogens with zero attached hydrogens (tertiary/aromatic N) is 1. The molecule has 1 aromatic heterocycles. The van der Waals surface area contributed by atoms with Gasteiger partial charge in [0.05, 0.1) is 5.75 Å². The number of anilines is 1. The van der Waals surface area contributed by atoms with Crippen LogP contribution in [0, 0.1) is 5.82 Å². The number of benzene rings is 1. The Morgan fingerprint density at radius 2 is 2.05 bits per heavy atom. The highest BCUT2D eigenvalue weighted by atomic mass is 32.2. The van der Waals surface area contributed by atoms with E-state index < -0.39 is 22.8 Å². The molecule has 3 N–H and O–H groups in total. The third-order valence-electron chi connectivity index (χ3n) is 2.84. The highest BCUT2D eigenvalue weighted by molar-refractivity contribution is 8.00. The molecule has 6 nitrogen and oxygen atoms in total. The van der Waals surface area contributed by atoms with E-state index in [1.165, 1.54) is 25.2 Å².